The number of nitriles is 1. The maximum atomic E-state index is 13.8. The van der Waals surface area contributed by atoms with Crippen LogP contribution in [0.2, 0.25) is 0 Å². The predicted molar refractivity (Wildman–Crippen MR) is 120 cm³/mol. The van der Waals surface area contributed by atoms with E-state index in [1.165, 1.54) is 31.4 Å². The van der Waals surface area contributed by atoms with Crippen LogP contribution in [0, 0.1) is 17.1 Å². The van der Waals surface area contributed by atoms with Gasteiger partial charge in [-0.1, -0.05) is 52.3 Å². The van der Waals surface area contributed by atoms with Crippen molar-refractivity contribution in [2.75, 3.05) is 12.4 Å². The molecule has 0 bridgehead atoms. The monoisotopic (exact) mass is 480 g/mol. The Morgan fingerprint density at radius 3 is 2.58 bits per heavy atom. The van der Waals surface area contributed by atoms with Gasteiger partial charge in [-0.15, -0.1) is 0 Å². The van der Waals surface area contributed by atoms with Gasteiger partial charge in [0.15, 0.2) is 11.5 Å². The number of para-hydroxylation sites is 1. The van der Waals surface area contributed by atoms with Crippen LogP contribution in [-0.2, 0) is 11.4 Å². The molecule has 3 aromatic carbocycles. The molecule has 0 aromatic heterocycles. The standard InChI is InChI=1S/C24H18BrFN2O3/c1-30-23-13-16(10-11-22(23)31-15-17-6-2-3-7-19(17)25)12-18(14-27)24(29)28-21-9-5-4-8-20(21)26/h2-13H,15H2,1H3,(H,28,29)/b18-12+. The van der Waals surface area contributed by atoms with E-state index in [0.717, 1.165) is 10.0 Å². The van der Waals surface area contributed by atoms with Crippen molar-refractivity contribution in [3.63, 3.8) is 0 Å². The lowest BCUT2D eigenvalue weighted by atomic mass is 10.1. The Hall–Kier alpha value is -3.63. The average molecular weight is 481 g/mol. The fourth-order valence-corrected chi connectivity index (χ4v) is 3.13. The lowest BCUT2D eigenvalue weighted by Gasteiger charge is -2.12. The maximum absolute atomic E-state index is 13.8. The van der Waals surface area contributed by atoms with Crippen LogP contribution in [0.3, 0.4) is 0 Å². The van der Waals surface area contributed by atoms with Crippen molar-refractivity contribution in [2.24, 2.45) is 0 Å². The third kappa shape index (κ3) is 5.71. The van der Waals surface area contributed by atoms with Gasteiger partial charge in [0, 0.05) is 10.0 Å². The van der Waals surface area contributed by atoms with Crippen LogP contribution < -0.4 is 14.8 Å². The van der Waals surface area contributed by atoms with E-state index in [1.807, 2.05) is 30.3 Å². The van der Waals surface area contributed by atoms with E-state index in [0.29, 0.717) is 23.7 Å². The Morgan fingerprint density at radius 2 is 1.87 bits per heavy atom. The first-order valence-corrected chi connectivity index (χ1v) is 10.0. The number of nitrogens with zero attached hydrogens (tertiary/aromatic N) is 1. The van der Waals surface area contributed by atoms with E-state index < -0.39 is 11.7 Å². The minimum Gasteiger partial charge on any atom is -0.493 e. The second-order valence-corrected chi connectivity index (χ2v) is 7.25. The molecule has 1 amide bonds. The Labute approximate surface area is 187 Å². The highest BCUT2D eigenvalue weighted by molar-refractivity contribution is 9.10. The molecule has 0 aliphatic heterocycles. The Morgan fingerprint density at radius 1 is 1.13 bits per heavy atom. The summed E-state index contributed by atoms with van der Waals surface area (Å²) in [5, 5.41) is 11.8. The first-order chi connectivity index (χ1) is 15.0. The highest BCUT2D eigenvalue weighted by Gasteiger charge is 2.13. The molecule has 0 spiro atoms. The van der Waals surface area contributed by atoms with Crippen molar-refractivity contribution >= 4 is 33.6 Å². The van der Waals surface area contributed by atoms with Gasteiger partial charge in [0.25, 0.3) is 5.91 Å². The molecule has 0 fully saturated rings. The van der Waals surface area contributed by atoms with E-state index in [2.05, 4.69) is 21.2 Å². The van der Waals surface area contributed by atoms with Gasteiger partial charge in [0.05, 0.1) is 12.8 Å². The summed E-state index contributed by atoms with van der Waals surface area (Å²) in [4.78, 5) is 12.4. The van der Waals surface area contributed by atoms with Crippen LogP contribution in [0.25, 0.3) is 6.08 Å². The van der Waals surface area contributed by atoms with Gasteiger partial charge in [-0.25, -0.2) is 4.39 Å². The summed E-state index contributed by atoms with van der Waals surface area (Å²) >= 11 is 3.48. The molecular weight excluding hydrogens is 463 g/mol. The molecule has 1 N–H and O–H groups in total. The fourth-order valence-electron chi connectivity index (χ4n) is 2.73. The normalized spacial score (nSPS) is 10.8. The minimum absolute atomic E-state index is 0.00190. The van der Waals surface area contributed by atoms with Gasteiger partial charge in [-0.3, -0.25) is 4.79 Å². The second-order valence-electron chi connectivity index (χ2n) is 6.39. The highest BCUT2D eigenvalue weighted by atomic mass is 79.9. The molecule has 0 aliphatic rings. The van der Waals surface area contributed by atoms with Crippen molar-refractivity contribution in [1.82, 2.24) is 0 Å². The van der Waals surface area contributed by atoms with Crippen LogP contribution >= 0.6 is 15.9 Å². The number of methoxy groups -OCH3 is 1. The second kappa shape index (κ2) is 10.4. The lowest BCUT2D eigenvalue weighted by molar-refractivity contribution is -0.112. The molecule has 7 heteroatoms. The summed E-state index contributed by atoms with van der Waals surface area (Å²) < 4.78 is 25.9. The molecule has 0 saturated heterocycles. The Kier molecular flexibility index (Phi) is 7.41. The van der Waals surface area contributed by atoms with Crippen LogP contribution in [0.5, 0.6) is 11.5 Å². The topological polar surface area (TPSA) is 71.3 Å². The minimum atomic E-state index is -0.708. The van der Waals surface area contributed by atoms with Crippen LogP contribution in [0.15, 0.2) is 76.8 Å². The zero-order chi connectivity index (χ0) is 22.2. The molecule has 0 unspecified atom stereocenters. The van der Waals surface area contributed by atoms with Gasteiger partial charge in [-0.05, 0) is 42.0 Å². The van der Waals surface area contributed by atoms with Crippen molar-refractivity contribution in [3.8, 4) is 17.6 Å². The summed E-state index contributed by atoms with van der Waals surface area (Å²) in [6.45, 7) is 0.335. The summed E-state index contributed by atoms with van der Waals surface area (Å²) in [7, 11) is 1.50. The number of amides is 1. The number of nitrogens with one attached hydrogen (secondary N) is 1. The molecule has 31 heavy (non-hydrogen) atoms. The fraction of sp³-hybridized carbons (Fsp3) is 0.0833. The summed E-state index contributed by atoms with van der Waals surface area (Å²) in [6.07, 6.45) is 1.40. The van der Waals surface area contributed by atoms with Crippen molar-refractivity contribution in [1.29, 1.82) is 5.26 Å². The summed E-state index contributed by atoms with van der Waals surface area (Å²) in [5.41, 5.74) is 1.37. The Balaban J connectivity index is 1.77. The number of carbonyl (C=O) groups is 1. The molecule has 0 radical (unpaired) electrons. The number of anilines is 1. The molecule has 0 saturated carbocycles. The SMILES string of the molecule is COc1cc(/C=C(\C#N)C(=O)Nc2ccccc2F)ccc1OCc1ccccc1Br. The van der Waals surface area contributed by atoms with Crippen LogP contribution in [0.4, 0.5) is 10.1 Å². The van der Waals surface area contributed by atoms with E-state index in [-0.39, 0.29) is 11.3 Å². The quantitative estimate of drug-likeness (QED) is 0.346. The molecule has 3 aromatic rings. The molecular formula is C24H18BrFN2O3. The first kappa shape index (κ1) is 22.1. The lowest BCUT2D eigenvalue weighted by Crippen LogP contribution is -2.14. The number of ether oxygens (including phenoxy) is 2. The Bertz CT molecular complexity index is 1170. The molecule has 156 valence electrons. The average Bonchev–Trinajstić information content (AvgIpc) is 2.78. The van der Waals surface area contributed by atoms with E-state index in [9.17, 15) is 14.4 Å². The number of rotatable bonds is 7. The third-order valence-electron chi connectivity index (χ3n) is 4.33. The van der Waals surface area contributed by atoms with Gasteiger partial charge >= 0.3 is 0 Å². The van der Waals surface area contributed by atoms with Gasteiger partial charge < -0.3 is 14.8 Å². The van der Waals surface area contributed by atoms with Crippen molar-refractivity contribution in [2.45, 2.75) is 6.61 Å². The molecule has 0 aliphatic carbocycles. The number of hydrogen-bond acceptors (Lipinski definition) is 4. The third-order valence-corrected chi connectivity index (χ3v) is 5.10. The summed E-state index contributed by atoms with van der Waals surface area (Å²) in [6, 6.07) is 20.4. The zero-order valence-electron chi connectivity index (χ0n) is 16.6. The van der Waals surface area contributed by atoms with Crippen LogP contribution in [0.1, 0.15) is 11.1 Å². The first-order valence-electron chi connectivity index (χ1n) is 9.23. The van der Waals surface area contributed by atoms with Gasteiger partial charge in [0.2, 0.25) is 0 Å². The van der Waals surface area contributed by atoms with Crippen molar-refractivity contribution in [3.05, 3.63) is 93.7 Å². The van der Waals surface area contributed by atoms with Crippen LogP contribution in [-0.4, -0.2) is 13.0 Å². The number of carbonyl (C=O) groups excluding carboxylic acids is 1. The van der Waals surface area contributed by atoms with Gasteiger partial charge in [0.1, 0.15) is 24.1 Å². The highest BCUT2D eigenvalue weighted by Crippen LogP contribution is 2.30. The molecule has 0 heterocycles. The predicted octanol–water partition coefficient (Wildman–Crippen LogP) is 5.72. The maximum Gasteiger partial charge on any atom is 0.266 e. The van der Waals surface area contributed by atoms with E-state index in [4.69, 9.17) is 9.47 Å². The van der Waals surface area contributed by atoms with Gasteiger partial charge in [-0.2, -0.15) is 5.26 Å². The molecule has 0 atom stereocenters. The van der Waals surface area contributed by atoms with E-state index in [1.54, 1.807) is 24.3 Å². The summed E-state index contributed by atoms with van der Waals surface area (Å²) in [5.74, 6) is -0.320. The zero-order valence-corrected chi connectivity index (χ0v) is 18.1. The molecule has 3 rings (SSSR count). The largest absolute Gasteiger partial charge is 0.493 e. The number of benzene rings is 3. The molecule has 5 nitrogen and oxygen atoms in total. The van der Waals surface area contributed by atoms with E-state index >= 15 is 0 Å². The van der Waals surface area contributed by atoms with Crippen molar-refractivity contribution < 1.29 is 18.7 Å². The number of hydrogen-bond donors (Lipinski definition) is 1. The number of halogens is 2. The smallest absolute Gasteiger partial charge is 0.266 e.